The molecule has 0 aromatic heterocycles. The summed E-state index contributed by atoms with van der Waals surface area (Å²) in [5.41, 5.74) is 5.68. The molecule has 1 aromatic carbocycles. The normalized spacial score (nSPS) is 34.6. The minimum Gasteiger partial charge on any atom is -0.386 e. The predicted octanol–water partition coefficient (Wildman–Crippen LogP) is 1.72. The molecular weight excluding hydrogens is 330 g/mol. The van der Waals surface area contributed by atoms with E-state index < -0.39 is 22.8 Å². The number of aliphatic imine (C=N–C) groups is 1. The summed E-state index contributed by atoms with van der Waals surface area (Å²) in [5, 5.41) is 24.1. The van der Waals surface area contributed by atoms with Gasteiger partial charge in [0.05, 0.1) is 31.4 Å². The lowest BCUT2D eigenvalue weighted by molar-refractivity contribution is -0.212. The van der Waals surface area contributed by atoms with Crippen LogP contribution in [0, 0.1) is 33.5 Å². The number of nitrogens with one attached hydrogen (secondary N) is 1. The Morgan fingerprint density at radius 3 is 2.38 bits per heavy atom. The molecule has 3 heterocycles. The van der Waals surface area contributed by atoms with E-state index in [0.29, 0.717) is 5.57 Å². The van der Waals surface area contributed by atoms with Gasteiger partial charge in [0, 0.05) is 5.70 Å². The van der Waals surface area contributed by atoms with Crippen LogP contribution in [0.1, 0.15) is 25.5 Å². The summed E-state index contributed by atoms with van der Waals surface area (Å²) >= 11 is 0. The van der Waals surface area contributed by atoms with Crippen LogP contribution in [0.2, 0.25) is 0 Å². The number of benzene rings is 1. The molecule has 0 bridgehead atoms. The van der Waals surface area contributed by atoms with Crippen molar-refractivity contribution in [2.24, 2.45) is 21.6 Å². The molecule has 3 atom stereocenters. The van der Waals surface area contributed by atoms with E-state index in [4.69, 9.17) is 15.2 Å². The Morgan fingerprint density at radius 1 is 1.15 bits per heavy atom. The van der Waals surface area contributed by atoms with Gasteiger partial charge in [-0.05, 0) is 25.0 Å². The summed E-state index contributed by atoms with van der Waals surface area (Å²) in [6.45, 7) is 4.26. The second-order valence-corrected chi connectivity index (χ2v) is 6.80. The second-order valence-electron chi connectivity index (χ2n) is 6.80. The first-order valence-corrected chi connectivity index (χ1v) is 8.45. The number of hydrogen-bond donors (Lipinski definition) is 2. The van der Waals surface area contributed by atoms with Crippen LogP contribution in [0.15, 0.2) is 46.6 Å². The fraction of sp³-hybridized carbons (Fsp3) is 0.421. The van der Waals surface area contributed by atoms with E-state index in [2.05, 4.69) is 22.4 Å². The van der Waals surface area contributed by atoms with Gasteiger partial charge in [0.25, 0.3) is 5.91 Å². The molecule has 3 unspecified atom stereocenters. The highest BCUT2D eigenvalue weighted by molar-refractivity contribution is 5.96. The van der Waals surface area contributed by atoms with Crippen molar-refractivity contribution in [1.29, 1.82) is 10.5 Å². The molecule has 0 aliphatic carbocycles. The number of nitriles is 2. The number of hydrogen-bond acceptors (Lipinski definition) is 7. The number of nitrogens with zero attached hydrogens (tertiary/aromatic N) is 3. The van der Waals surface area contributed by atoms with Gasteiger partial charge in [-0.1, -0.05) is 30.3 Å². The zero-order valence-corrected chi connectivity index (χ0v) is 14.6. The molecular formula is C19H19N5O2. The molecule has 0 radical (unpaired) electrons. The van der Waals surface area contributed by atoms with Gasteiger partial charge in [0.2, 0.25) is 0 Å². The summed E-state index contributed by atoms with van der Waals surface area (Å²) in [7, 11) is 0. The maximum atomic E-state index is 10.4. The molecule has 0 amide bonds. The predicted molar refractivity (Wildman–Crippen MR) is 93.0 cm³/mol. The van der Waals surface area contributed by atoms with Gasteiger partial charge in [-0.25, -0.2) is 4.99 Å². The average molecular weight is 349 g/mol. The molecule has 3 aliphatic rings. The lowest BCUT2D eigenvalue weighted by Crippen LogP contribution is -2.63. The first kappa shape index (κ1) is 16.6. The minimum atomic E-state index is -1.60. The first-order chi connectivity index (χ1) is 12.5. The van der Waals surface area contributed by atoms with E-state index in [9.17, 15) is 10.5 Å². The SMILES string of the molecule is CC1=C(C)C2(C#N)C3(N=C(N)C2(C#N)C(c2ccccc2)N1)OCCO3. The molecule has 7 heteroatoms. The van der Waals surface area contributed by atoms with E-state index >= 15 is 0 Å². The summed E-state index contributed by atoms with van der Waals surface area (Å²) < 4.78 is 11.7. The molecule has 4 rings (SSSR count). The van der Waals surface area contributed by atoms with Crippen molar-refractivity contribution < 1.29 is 9.47 Å². The van der Waals surface area contributed by atoms with Gasteiger partial charge >= 0.3 is 0 Å². The highest BCUT2D eigenvalue weighted by Gasteiger charge is 2.79. The number of allylic oxidation sites excluding steroid dienone is 1. The first-order valence-electron chi connectivity index (χ1n) is 8.45. The minimum absolute atomic E-state index is 0.0525. The van der Waals surface area contributed by atoms with Crippen LogP contribution in [0.4, 0.5) is 0 Å². The Balaban J connectivity index is 2.08. The average Bonchev–Trinajstić information content (AvgIpc) is 3.21. The number of nitrogens with two attached hydrogens (primary N) is 1. The van der Waals surface area contributed by atoms with Crippen LogP contribution in [0.5, 0.6) is 0 Å². The Bertz CT molecular complexity index is 904. The van der Waals surface area contributed by atoms with Gasteiger partial charge in [-0.3, -0.25) is 0 Å². The smallest absolute Gasteiger partial charge is 0.297 e. The van der Waals surface area contributed by atoms with Crippen molar-refractivity contribution in [2.45, 2.75) is 25.8 Å². The summed E-state index contributed by atoms with van der Waals surface area (Å²) in [6.07, 6.45) is 0. The van der Waals surface area contributed by atoms with Crippen molar-refractivity contribution in [2.75, 3.05) is 13.2 Å². The summed E-state index contributed by atoms with van der Waals surface area (Å²) in [6, 6.07) is 13.6. The topological polar surface area (TPSA) is 116 Å². The maximum absolute atomic E-state index is 10.4. The fourth-order valence-electron chi connectivity index (χ4n) is 4.49. The number of rotatable bonds is 1. The Labute approximate surface area is 151 Å². The number of ether oxygens (including phenoxy) is 2. The zero-order chi connectivity index (χ0) is 18.6. The van der Waals surface area contributed by atoms with Gasteiger partial charge in [0.15, 0.2) is 10.8 Å². The van der Waals surface area contributed by atoms with E-state index in [0.717, 1.165) is 11.3 Å². The number of fused-ring (bicyclic) bond motifs is 2. The van der Waals surface area contributed by atoms with Crippen molar-refractivity contribution in [3.05, 3.63) is 47.2 Å². The molecule has 1 spiro atoms. The third-order valence-electron chi connectivity index (χ3n) is 5.81. The van der Waals surface area contributed by atoms with Gasteiger partial charge in [-0.15, -0.1) is 0 Å². The molecule has 0 saturated carbocycles. The van der Waals surface area contributed by atoms with Crippen LogP contribution < -0.4 is 11.1 Å². The van der Waals surface area contributed by atoms with E-state index in [1.807, 2.05) is 37.3 Å². The van der Waals surface area contributed by atoms with Crippen molar-refractivity contribution >= 4 is 5.84 Å². The maximum Gasteiger partial charge on any atom is 0.297 e. The number of amidine groups is 1. The molecule has 132 valence electrons. The highest BCUT2D eigenvalue weighted by atomic mass is 16.8. The lowest BCUT2D eigenvalue weighted by atomic mass is 9.54. The van der Waals surface area contributed by atoms with Gasteiger partial charge < -0.3 is 20.5 Å². The molecule has 3 N–H and O–H groups in total. The van der Waals surface area contributed by atoms with Gasteiger partial charge in [-0.2, -0.15) is 10.5 Å². The fourth-order valence-corrected chi connectivity index (χ4v) is 4.49. The summed E-state index contributed by atoms with van der Waals surface area (Å²) in [4.78, 5) is 4.44. The molecule has 3 aliphatic heterocycles. The van der Waals surface area contributed by atoms with Crippen molar-refractivity contribution in [1.82, 2.24) is 5.32 Å². The third kappa shape index (κ3) is 1.60. The molecule has 7 nitrogen and oxygen atoms in total. The Kier molecular flexibility index (Phi) is 3.39. The largest absolute Gasteiger partial charge is 0.386 e. The Morgan fingerprint density at radius 2 is 1.81 bits per heavy atom. The molecule has 1 aromatic rings. The van der Waals surface area contributed by atoms with E-state index in [1.165, 1.54) is 0 Å². The molecule has 1 saturated heterocycles. The van der Waals surface area contributed by atoms with E-state index in [1.54, 1.807) is 6.92 Å². The Hall–Kier alpha value is -2.87. The van der Waals surface area contributed by atoms with Crippen LogP contribution in [0.25, 0.3) is 0 Å². The van der Waals surface area contributed by atoms with Crippen molar-refractivity contribution in [3.63, 3.8) is 0 Å². The van der Waals surface area contributed by atoms with Gasteiger partial charge in [0.1, 0.15) is 5.84 Å². The lowest BCUT2D eigenvalue weighted by Gasteiger charge is -2.50. The molecule has 1 fully saturated rings. The second kappa shape index (κ2) is 5.31. The van der Waals surface area contributed by atoms with Crippen LogP contribution in [-0.2, 0) is 9.47 Å². The van der Waals surface area contributed by atoms with Crippen LogP contribution >= 0.6 is 0 Å². The van der Waals surface area contributed by atoms with Crippen LogP contribution in [-0.4, -0.2) is 25.0 Å². The van der Waals surface area contributed by atoms with Crippen LogP contribution in [0.3, 0.4) is 0 Å². The zero-order valence-electron chi connectivity index (χ0n) is 14.6. The molecule has 26 heavy (non-hydrogen) atoms. The van der Waals surface area contributed by atoms with E-state index in [-0.39, 0.29) is 19.0 Å². The third-order valence-corrected chi connectivity index (χ3v) is 5.81. The standard InChI is InChI=1S/C19H19N5O2/c1-12-13(2)23-15(14-6-4-3-5-7-14)17(10-20)16(22)24-19(18(12,17)11-21)25-8-9-26-19/h3-7,15,23H,8-9H2,1-2H3,(H2,22,24). The highest BCUT2D eigenvalue weighted by Crippen LogP contribution is 2.66. The van der Waals surface area contributed by atoms with Crippen molar-refractivity contribution in [3.8, 4) is 12.1 Å². The summed E-state index contributed by atoms with van der Waals surface area (Å²) in [5.74, 6) is -1.54. The quantitative estimate of drug-likeness (QED) is 0.797. The monoisotopic (exact) mass is 349 g/mol.